The zero-order valence-electron chi connectivity index (χ0n) is 10.7. The Morgan fingerprint density at radius 3 is 3.00 bits per heavy atom. The number of hydrogen-bond acceptors (Lipinski definition) is 5. The van der Waals surface area contributed by atoms with Crippen LogP contribution in [0, 0.1) is 0 Å². The van der Waals surface area contributed by atoms with Crippen LogP contribution in [-0.2, 0) is 5.60 Å². The molecule has 4 rings (SSSR count). The van der Waals surface area contributed by atoms with Gasteiger partial charge in [-0.05, 0) is 12.1 Å². The van der Waals surface area contributed by atoms with Gasteiger partial charge in [0.2, 0.25) is 5.95 Å². The Bertz CT molecular complexity index is 703. The van der Waals surface area contributed by atoms with Gasteiger partial charge in [-0.1, -0.05) is 12.1 Å². The number of benzene rings is 1. The predicted octanol–water partition coefficient (Wildman–Crippen LogP) is 0.779. The second-order valence-electron chi connectivity index (χ2n) is 5.14. The molecule has 7 heteroatoms. The van der Waals surface area contributed by atoms with E-state index in [2.05, 4.69) is 25.4 Å². The van der Waals surface area contributed by atoms with Crippen molar-refractivity contribution in [2.45, 2.75) is 12.0 Å². The molecule has 0 aliphatic carbocycles. The average molecular weight is 270 g/mol. The van der Waals surface area contributed by atoms with Gasteiger partial charge < -0.3 is 15.0 Å². The number of aromatic amines is 2. The molecule has 3 aromatic rings. The minimum Gasteiger partial charge on any atom is -0.381 e. The van der Waals surface area contributed by atoms with Crippen molar-refractivity contribution < 1.29 is 5.11 Å². The lowest BCUT2D eigenvalue weighted by Gasteiger charge is -2.20. The van der Waals surface area contributed by atoms with E-state index in [0.29, 0.717) is 18.7 Å². The van der Waals surface area contributed by atoms with Gasteiger partial charge in [0.05, 0.1) is 23.8 Å². The fraction of sp³-hybridized carbons (Fsp3) is 0.308. The molecule has 20 heavy (non-hydrogen) atoms. The van der Waals surface area contributed by atoms with E-state index in [4.69, 9.17) is 0 Å². The highest BCUT2D eigenvalue weighted by molar-refractivity contribution is 5.77. The molecule has 0 saturated carbocycles. The maximum absolute atomic E-state index is 10.7. The van der Waals surface area contributed by atoms with E-state index in [-0.39, 0.29) is 0 Å². The first kappa shape index (κ1) is 11.4. The maximum Gasteiger partial charge on any atom is 0.203 e. The molecule has 1 atom stereocenters. The molecule has 1 aliphatic heterocycles. The number of anilines is 1. The van der Waals surface area contributed by atoms with Crippen molar-refractivity contribution in [1.29, 1.82) is 0 Å². The van der Waals surface area contributed by atoms with Crippen LogP contribution in [0.2, 0.25) is 0 Å². The Labute approximate surface area is 114 Å². The van der Waals surface area contributed by atoms with Crippen molar-refractivity contribution in [3.8, 4) is 0 Å². The first-order chi connectivity index (χ1) is 9.74. The molecule has 0 spiro atoms. The van der Waals surface area contributed by atoms with Crippen LogP contribution >= 0.6 is 0 Å². The Morgan fingerprint density at radius 1 is 1.30 bits per heavy atom. The van der Waals surface area contributed by atoms with Gasteiger partial charge in [0.1, 0.15) is 11.3 Å². The van der Waals surface area contributed by atoms with E-state index < -0.39 is 5.60 Å². The van der Waals surface area contributed by atoms with E-state index in [1.54, 1.807) is 6.20 Å². The van der Waals surface area contributed by atoms with Gasteiger partial charge in [-0.25, -0.2) is 4.98 Å². The van der Waals surface area contributed by atoms with Crippen LogP contribution in [0.3, 0.4) is 0 Å². The molecule has 2 aromatic heterocycles. The minimum absolute atomic E-state index is 0.458. The van der Waals surface area contributed by atoms with Crippen molar-refractivity contribution in [2.75, 3.05) is 18.0 Å². The number of para-hydroxylation sites is 2. The lowest BCUT2D eigenvalue weighted by Crippen LogP contribution is -2.31. The lowest BCUT2D eigenvalue weighted by atomic mass is 10.0. The van der Waals surface area contributed by atoms with Gasteiger partial charge in [-0.3, -0.25) is 0 Å². The molecule has 7 nitrogen and oxygen atoms in total. The van der Waals surface area contributed by atoms with Crippen LogP contribution in [0.5, 0.6) is 0 Å². The number of H-pyrrole nitrogens is 2. The summed E-state index contributed by atoms with van der Waals surface area (Å²) < 4.78 is 0. The molecule has 1 saturated heterocycles. The fourth-order valence-corrected chi connectivity index (χ4v) is 2.70. The number of β-amino-alcohol motifs (C(OH)–C–C–N with tert-alkyl or cyclic N) is 1. The largest absolute Gasteiger partial charge is 0.381 e. The van der Waals surface area contributed by atoms with Crippen molar-refractivity contribution in [1.82, 2.24) is 25.4 Å². The third kappa shape index (κ3) is 1.67. The van der Waals surface area contributed by atoms with Crippen LogP contribution in [0.4, 0.5) is 5.95 Å². The van der Waals surface area contributed by atoms with Crippen LogP contribution in [0.1, 0.15) is 12.1 Å². The summed E-state index contributed by atoms with van der Waals surface area (Å²) in [6.07, 6.45) is 2.18. The highest BCUT2D eigenvalue weighted by Gasteiger charge is 2.40. The zero-order valence-corrected chi connectivity index (χ0v) is 10.7. The van der Waals surface area contributed by atoms with Gasteiger partial charge in [-0.15, -0.1) is 0 Å². The summed E-state index contributed by atoms with van der Waals surface area (Å²) in [4.78, 5) is 9.87. The highest BCUT2D eigenvalue weighted by Crippen LogP contribution is 2.32. The molecule has 0 radical (unpaired) electrons. The second-order valence-corrected chi connectivity index (χ2v) is 5.14. The molecule has 0 unspecified atom stereocenters. The minimum atomic E-state index is -0.966. The number of imidazole rings is 1. The molecule has 1 aliphatic rings. The predicted molar refractivity (Wildman–Crippen MR) is 73.2 cm³/mol. The Hall–Kier alpha value is -2.41. The SMILES string of the molecule is O[C@@]1(c2cn[nH]n2)CCN(c2nc3ccccc3[nH]2)C1. The third-order valence-corrected chi connectivity index (χ3v) is 3.82. The van der Waals surface area contributed by atoms with Gasteiger partial charge in [-0.2, -0.15) is 15.4 Å². The summed E-state index contributed by atoms with van der Waals surface area (Å²) in [5.41, 5.74) is 1.54. The van der Waals surface area contributed by atoms with Crippen LogP contribution in [0.25, 0.3) is 11.0 Å². The number of nitrogens with one attached hydrogen (secondary N) is 2. The summed E-state index contributed by atoms with van der Waals surface area (Å²) in [6.45, 7) is 1.18. The summed E-state index contributed by atoms with van der Waals surface area (Å²) in [7, 11) is 0. The zero-order chi connectivity index (χ0) is 13.6. The monoisotopic (exact) mass is 270 g/mol. The van der Waals surface area contributed by atoms with E-state index >= 15 is 0 Å². The normalized spacial score (nSPS) is 22.8. The van der Waals surface area contributed by atoms with E-state index in [1.807, 2.05) is 29.2 Å². The second kappa shape index (κ2) is 4.04. The fourth-order valence-electron chi connectivity index (χ4n) is 2.70. The molecule has 1 fully saturated rings. The molecular weight excluding hydrogens is 256 g/mol. The Balaban J connectivity index is 1.65. The summed E-state index contributed by atoms with van der Waals surface area (Å²) >= 11 is 0. The van der Waals surface area contributed by atoms with Crippen molar-refractivity contribution in [2.24, 2.45) is 0 Å². The Morgan fingerprint density at radius 2 is 2.20 bits per heavy atom. The van der Waals surface area contributed by atoms with Crippen molar-refractivity contribution in [3.05, 3.63) is 36.2 Å². The molecule has 0 bridgehead atoms. The smallest absolute Gasteiger partial charge is 0.203 e. The number of hydrogen-bond donors (Lipinski definition) is 3. The van der Waals surface area contributed by atoms with Gasteiger partial charge in [0.15, 0.2) is 0 Å². The average Bonchev–Trinajstić information content (AvgIpc) is 3.18. The number of rotatable bonds is 2. The Kier molecular flexibility index (Phi) is 2.31. The topological polar surface area (TPSA) is 93.7 Å². The number of fused-ring (bicyclic) bond motifs is 1. The molecule has 0 amide bonds. The quantitative estimate of drug-likeness (QED) is 0.639. The molecule has 1 aromatic carbocycles. The summed E-state index contributed by atoms with van der Waals surface area (Å²) in [5.74, 6) is 0.783. The lowest BCUT2D eigenvalue weighted by molar-refractivity contribution is 0.0559. The van der Waals surface area contributed by atoms with Crippen LogP contribution < -0.4 is 4.90 Å². The first-order valence-corrected chi connectivity index (χ1v) is 6.53. The van der Waals surface area contributed by atoms with Crippen LogP contribution in [0.15, 0.2) is 30.5 Å². The van der Waals surface area contributed by atoms with E-state index in [9.17, 15) is 5.11 Å². The molecule has 3 heterocycles. The van der Waals surface area contributed by atoms with Gasteiger partial charge >= 0.3 is 0 Å². The number of nitrogens with zero attached hydrogens (tertiary/aromatic N) is 4. The van der Waals surface area contributed by atoms with Gasteiger partial charge in [0, 0.05) is 13.0 Å². The molecular formula is C13H14N6O. The highest BCUT2D eigenvalue weighted by atomic mass is 16.3. The third-order valence-electron chi connectivity index (χ3n) is 3.82. The molecule has 102 valence electrons. The van der Waals surface area contributed by atoms with E-state index in [0.717, 1.165) is 23.5 Å². The maximum atomic E-state index is 10.7. The number of aliphatic hydroxyl groups is 1. The van der Waals surface area contributed by atoms with E-state index in [1.165, 1.54) is 0 Å². The van der Waals surface area contributed by atoms with Crippen molar-refractivity contribution >= 4 is 17.0 Å². The first-order valence-electron chi connectivity index (χ1n) is 6.53. The molecule has 3 N–H and O–H groups in total. The standard InChI is InChI=1S/C13H14N6O/c20-13(11-7-14-18-17-11)5-6-19(8-13)12-15-9-3-1-2-4-10(9)16-12/h1-4,7,20H,5-6,8H2,(H,15,16)(H,14,17,18)/t13-/m0/s1. The van der Waals surface area contributed by atoms with Crippen LogP contribution in [-0.4, -0.2) is 43.6 Å². The van der Waals surface area contributed by atoms with Gasteiger partial charge in [0.25, 0.3) is 0 Å². The number of aromatic nitrogens is 5. The summed E-state index contributed by atoms with van der Waals surface area (Å²) in [5, 5.41) is 21.0. The van der Waals surface area contributed by atoms with Crippen molar-refractivity contribution in [3.63, 3.8) is 0 Å². The summed E-state index contributed by atoms with van der Waals surface area (Å²) in [6, 6.07) is 7.89.